The topological polar surface area (TPSA) is 228 Å². The van der Waals surface area contributed by atoms with E-state index in [0.717, 1.165) is 32.1 Å². The van der Waals surface area contributed by atoms with Crippen molar-refractivity contribution < 1.29 is 64.6 Å². The first-order chi connectivity index (χ1) is 27.1. The minimum Gasteiger partial charge on any atom is -0.394 e. The molecular formula is C42H77NO13. The molecule has 2 aliphatic rings. The van der Waals surface area contributed by atoms with E-state index in [0.29, 0.717) is 12.8 Å². The van der Waals surface area contributed by atoms with Gasteiger partial charge in [-0.25, -0.2) is 0 Å². The van der Waals surface area contributed by atoms with Crippen LogP contribution in [0, 0.1) is 0 Å². The van der Waals surface area contributed by atoms with Crippen LogP contribution in [0.1, 0.15) is 142 Å². The predicted octanol–water partition coefficient (Wildman–Crippen LogP) is 3.43. The first-order valence-electron chi connectivity index (χ1n) is 21.6. The lowest BCUT2D eigenvalue weighted by Crippen LogP contribution is -2.65. The summed E-state index contributed by atoms with van der Waals surface area (Å²) in [6, 6.07) is -0.922. The highest BCUT2D eigenvalue weighted by molar-refractivity contribution is 5.76. The molecule has 14 nitrogen and oxygen atoms in total. The standard InChI is InChI=1S/C42H77NO13/c1-3-5-7-9-11-13-15-17-19-21-23-25-31(46)30(43-34(47)26-24-22-20-18-16-14-12-10-8-6-4-2)29-53-41-39(52)37(50)40(33(28-45)55-41)56-42-38(51)36(49)35(48)32(27-44)54-42/h15,17,23,25,30-33,35-42,44-46,48-52H,3-14,16,18-22,24,26-29H2,1-2H3,(H,43,47)/b17-15+,25-23+. The summed E-state index contributed by atoms with van der Waals surface area (Å²) >= 11 is 0. The Kier molecular flexibility index (Phi) is 27.6. The predicted molar refractivity (Wildman–Crippen MR) is 212 cm³/mol. The Bertz CT molecular complexity index is 1050. The summed E-state index contributed by atoms with van der Waals surface area (Å²) < 4.78 is 22.5. The van der Waals surface area contributed by atoms with Gasteiger partial charge in [-0.2, -0.15) is 0 Å². The van der Waals surface area contributed by atoms with Gasteiger partial charge >= 0.3 is 0 Å². The summed E-state index contributed by atoms with van der Waals surface area (Å²) in [5.41, 5.74) is 0. The second kappa shape index (κ2) is 30.5. The molecule has 328 valence electrons. The van der Waals surface area contributed by atoms with Gasteiger partial charge < -0.3 is 65.1 Å². The number of carbonyl (C=O) groups is 1. The van der Waals surface area contributed by atoms with Crippen molar-refractivity contribution in [1.29, 1.82) is 0 Å². The summed E-state index contributed by atoms with van der Waals surface area (Å²) in [4.78, 5) is 13.0. The Morgan fingerprint density at radius 2 is 1.14 bits per heavy atom. The maximum atomic E-state index is 13.0. The molecule has 56 heavy (non-hydrogen) atoms. The van der Waals surface area contributed by atoms with Crippen LogP contribution in [0.3, 0.4) is 0 Å². The Morgan fingerprint density at radius 1 is 0.625 bits per heavy atom. The van der Waals surface area contributed by atoms with E-state index in [-0.39, 0.29) is 18.9 Å². The number of carbonyl (C=O) groups excluding carboxylic acids is 1. The van der Waals surface area contributed by atoms with Crippen LogP contribution in [0.25, 0.3) is 0 Å². The quantitative estimate of drug-likeness (QED) is 0.0362. The van der Waals surface area contributed by atoms with Crippen LogP contribution in [-0.2, 0) is 23.7 Å². The molecule has 12 atom stereocenters. The van der Waals surface area contributed by atoms with E-state index in [2.05, 4.69) is 31.3 Å². The van der Waals surface area contributed by atoms with Crippen LogP contribution in [0.5, 0.6) is 0 Å². The van der Waals surface area contributed by atoms with Gasteiger partial charge in [0.2, 0.25) is 5.91 Å². The van der Waals surface area contributed by atoms with E-state index in [9.17, 15) is 45.6 Å². The van der Waals surface area contributed by atoms with Crippen molar-refractivity contribution in [3.8, 4) is 0 Å². The lowest BCUT2D eigenvalue weighted by molar-refractivity contribution is -0.359. The van der Waals surface area contributed by atoms with Crippen LogP contribution in [0.4, 0.5) is 0 Å². The van der Waals surface area contributed by atoms with Gasteiger partial charge in [-0.3, -0.25) is 4.79 Å². The van der Waals surface area contributed by atoms with E-state index in [1.54, 1.807) is 6.08 Å². The average Bonchev–Trinajstić information content (AvgIpc) is 3.19. The van der Waals surface area contributed by atoms with E-state index >= 15 is 0 Å². The number of aliphatic hydroxyl groups excluding tert-OH is 8. The highest BCUT2D eigenvalue weighted by atomic mass is 16.7. The summed E-state index contributed by atoms with van der Waals surface area (Å²) in [5.74, 6) is -0.254. The fourth-order valence-electron chi connectivity index (χ4n) is 7.01. The second-order valence-corrected chi connectivity index (χ2v) is 15.5. The monoisotopic (exact) mass is 804 g/mol. The molecule has 2 heterocycles. The SMILES string of the molecule is CCCCCCC/C=C/CC/C=C/C(O)C(COC1OC(CO)C(OC2OC(CO)C(O)C(O)C2O)C(O)C1O)NC(=O)CCCCCCCCCCCCC. The van der Waals surface area contributed by atoms with Crippen molar-refractivity contribution in [2.75, 3.05) is 19.8 Å². The molecule has 2 fully saturated rings. The fraction of sp³-hybridized carbons (Fsp3) is 0.881. The Hall–Kier alpha value is -1.53. The smallest absolute Gasteiger partial charge is 0.220 e. The molecule has 0 spiro atoms. The molecule has 0 aromatic heterocycles. The van der Waals surface area contributed by atoms with Crippen molar-refractivity contribution >= 4 is 5.91 Å². The molecule has 0 bridgehead atoms. The third-order valence-corrected chi connectivity index (χ3v) is 10.6. The summed E-state index contributed by atoms with van der Waals surface area (Å²) in [6.45, 7) is 2.69. The molecule has 0 aromatic rings. The van der Waals surface area contributed by atoms with Crippen molar-refractivity contribution in [1.82, 2.24) is 5.32 Å². The average molecular weight is 804 g/mol. The van der Waals surface area contributed by atoms with Gasteiger partial charge in [0.1, 0.15) is 48.8 Å². The number of amides is 1. The van der Waals surface area contributed by atoms with Crippen molar-refractivity contribution in [3.05, 3.63) is 24.3 Å². The van der Waals surface area contributed by atoms with Gasteiger partial charge in [-0.05, 0) is 32.1 Å². The molecule has 0 aliphatic carbocycles. The largest absolute Gasteiger partial charge is 0.394 e. The van der Waals surface area contributed by atoms with Crippen LogP contribution >= 0.6 is 0 Å². The highest BCUT2D eigenvalue weighted by Crippen LogP contribution is 2.30. The van der Waals surface area contributed by atoms with Gasteiger partial charge in [0, 0.05) is 6.42 Å². The molecule has 2 saturated heterocycles. The van der Waals surface area contributed by atoms with Crippen LogP contribution in [0.15, 0.2) is 24.3 Å². The van der Waals surface area contributed by atoms with Gasteiger partial charge in [-0.1, -0.05) is 128 Å². The number of hydrogen-bond donors (Lipinski definition) is 9. The Balaban J connectivity index is 1.95. The van der Waals surface area contributed by atoms with Gasteiger partial charge in [-0.15, -0.1) is 0 Å². The summed E-state index contributed by atoms with van der Waals surface area (Å²) in [5, 5.41) is 86.2. The molecule has 9 N–H and O–H groups in total. The lowest BCUT2D eigenvalue weighted by Gasteiger charge is -2.46. The second-order valence-electron chi connectivity index (χ2n) is 15.5. The molecule has 1 amide bonds. The zero-order valence-electron chi connectivity index (χ0n) is 34.1. The van der Waals surface area contributed by atoms with E-state index < -0.39 is 86.8 Å². The maximum absolute atomic E-state index is 13.0. The van der Waals surface area contributed by atoms with Gasteiger partial charge in [0.25, 0.3) is 0 Å². The minimum atomic E-state index is -1.79. The summed E-state index contributed by atoms with van der Waals surface area (Å²) in [7, 11) is 0. The molecule has 2 aliphatic heterocycles. The lowest BCUT2D eigenvalue weighted by atomic mass is 9.97. The number of ether oxygens (including phenoxy) is 4. The number of rotatable bonds is 31. The molecule has 2 rings (SSSR count). The number of hydrogen-bond acceptors (Lipinski definition) is 13. The molecule has 14 heteroatoms. The first-order valence-corrected chi connectivity index (χ1v) is 21.6. The Labute approximate surface area is 335 Å². The number of unbranched alkanes of at least 4 members (excludes halogenated alkanes) is 16. The normalized spacial score (nSPS) is 29.6. The van der Waals surface area contributed by atoms with Crippen LogP contribution in [-0.4, -0.2) is 140 Å². The zero-order valence-corrected chi connectivity index (χ0v) is 34.1. The molecule has 0 saturated carbocycles. The van der Waals surface area contributed by atoms with Crippen LogP contribution < -0.4 is 5.32 Å². The molecule has 0 aromatic carbocycles. The third-order valence-electron chi connectivity index (χ3n) is 10.6. The highest BCUT2D eigenvalue weighted by Gasteiger charge is 2.50. The third kappa shape index (κ3) is 19.0. The van der Waals surface area contributed by atoms with Crippen molar-refractivity contribution in [2.24, 2.45) is 0 Å². The maximum Gasteiger partial charge on any atom is 0.220 e. The van der Waals surface area contributed by atoms with E-state index in [1.807, 2.05) is 6.08 Å². The van der Waals surface area contributed by atoms with E-state index in [1.165, 1.54) is 77.0 Å². The molecule has 12 unspecified atom stereocenters. The fourth-order valence-corrected chi connectivity index (χ4v) is 7.01. The number of nitrogens with one attached hydrogen (secondary N) is 1. The Morgan fingerprint density at radius 3 is 1.75 bits per heavy atom. The summed E-state index contributed by atoms with van der Waals surface area (Å²) in [6.07, 6.45) is 12.4. The molecular weight excluding hydrogens is 726 g/mol. The van der Waals surface area contributed by atoms with Gasteiger partial charge in [0.15, 0.2) is 12.6 Å². The number of allylic oxidation sites excluding steroid dienone is 3. The first kappa shape index (κ1) is 50.6. The molecule has 0 radical (unpaired) electrons. The van der Waals surface area contributed by atoms with Crippen molar-refractivity contribution in [2.45, 2.75) is 216 Å². The zero-order chi connectivity index (χ0) is 41.1. The van der Waals surface area contributed by atoms with Crippen LogP contribution in [0.2, 0.25) is 0 Å². The van der Waals surface area contributed by atoms with Gasteiger partial charge in [0.05, 0.1) is 32.0 Å². The minimum absolute atomic E-state index is 0.254. The van der Waals surface area contributed by atoms with Crippen molar-refractivity contribution in [3.63, 3.8) is 0 Å². The number of aliphatic hydroxyl groups is 8. The van der Waals surface area contributed by atoms with E-state index in [4.69, 9.17) is 18.9 Å².